The number of hydrogen-bond acceptors (Lipinski definition) is 6. The Kier molecular flexibility index (Phi) is 7.38. The molecular formula is C20H20FNO6. The predicted octanol–water partition coefficient (Wildman–Crippen LogP) is 3.05. The Morgan fingerprint density at radius 3 is 2.29 bits per heavy atom. The van der Waals surface area contributed by atoms with Gasteiger partial charge in [0, 0.05) is 11.8 Å². The van der Waals surface area contributed by atoms with Gasteiger partial charge < -0.3 is 24.3 Å². The average Bonchev–Trinajstić information content (AvgIpc) is 2.69. The lowest BCUT2D eigenvalue weighted by molar-refractivity contribution is -0.142. The molecule has 2 aromatic carbocycles. The number of carbonyl (C=O) groups excluding carboxylic acids is 2. The number of halogens is 1. The number of rotatable bonds is 8. The Balaban J connectivity index is 1.95. The summed E-state index contributed by atoms with van der Waals surface area (Å²) < 4.78 is 33.6. The third-order valence-electron chi connectivity index (χ3n) is 3.55. The zero-order valence-electron chi connectivity index (χ0n) is 15.7. The van der Waals surface area contributed by atoms with E-state index in [1.165, 1.54) is 45.6 Å². The van der Waals surface area contributed by atoms with Gasteiger partial charge in [-0.1, -0.05) is 6.07 Å². The highest BCUT2D eigenvalue weighted by Crippen LogP contribution is 2.38. The largest absolute Gasteiger partial charge is 0.493 e. The first-order chi connectivity index (χ1) is 13.5. The SMILES string of the molecule is COc1cc(C=CC(=O)OCC(=O)Nc2cccc(F)c2)cc(OC)c1OC. The van der Waals surface area contributed by atoms with Crippen molar-refractivity contribution in [3.63, 3.8) is 0 Å². The first kappa shape index (κ1) is 20.8. The molecule has 0 aliphatic heterocycles. The molecule has 8 heteroatoms. The van der Waals surface area contributed by atoms with Gasteiger partial charge in [-0.2, -0.15) is 0 Å². The number of amides is 1. The van der Waals surface area contributed by atoms with Crippen LogP contribution in [0, 0.1) is 5.82 Å². The predicted molar refractivity (Wildman–Crippen MR) is 101 cm³/mol. The summed E-state index contributed by atoms with van der Waals surface area (Å²) in [5, 5.41) is 2.43. The summed E-state index contributed by atoms with van der Waals surface area (Å²) in [6.45, 7) is -0.505. The summed E-state index contributed by atoms with van der Waals surface area (Å²) in [6, 6.07) is 8.70. The zero-order valence-corrected chi connectivity index (χ0v) is 15.7. The third-order valence-corrected chi connectivity index (χ3v) is 3.55. The van der Waals surface area contributed by atoms with E-state index in [0.717, 1.165) is 12.1 Å². The zero-order chi connectivity index (χ0) is 20.5. The molecule has 0 aliphatic carbocycles. The number of carbonyl (C=O) groups is 2. The minimum absolute atomic E-state index is 0.272. The number of hydrogen-bond donors (Lipinski definition) is 1. The van der Waals surface area contributed by atoms with Gasteiger partial charge in [0.05, 0.1) is 21.3 Å². The molecule has 0 saturated carbocycles. The second kappa shape index (κ2) is 9.96. The molecule has 0 heterocycles. The molecule has 7 nitrogen and oxygen atoms in total. The summed E-state index contributed by atoms with van der Waals surface area (Å²) >= 11 is 0. The number of esters is 1. The maximum Gasteiger partial charge on any atom is 0.331 e. The third kappa shape index (κ3) is 5.73. The summed E-state index contributed by atoms with van der Waals surface area (Å²) in [7, 11) is 4.45. The van der Waals surface area contributed by atoms with Gasteiger partial charge in [-0.05, 0) is 42.0 Å². The van der Waals surface area contributed by atoms with Crippen LogP contribution >= 0.6 is 0 Å². The normalized spacial score (nSPS) is 10.4. The maximum atomic E-state index is 13.1. The Labute approximate surface area is 161 Å². The number of ether oxygens (including phenoxy) is 4. The van der Waals surface area contributed by atoms with Crippen molar-refractivity contribution in [2.75, 3.05) is 33.3 Å². The van der Waals surface area contributed by atoms with Crippen molar-refractivity contribution < 1.29 is 32.9 Å². The second-order valence-electron chi connectivity index (χ2n) is 5.46. The summed E-state index contributed by atoms with van der Waals surface area (Å²) in [6.07, 6.45) is 2.65. The molecule has 0 aliphatic rings. The van der Waals surface area contributed by atoms with Gasteiger partial charge in [-0.3, -0.25) is 4.79 Å². The first-order valence-corrected chi connectivity index (χ1v) is 8.17. The van der Waals surface area contributed by atoms with Gasteiger partial charge in [0.1, 0.15) is 5.82 Å². The van der Waals surface area contributed by atoms with Crippen LogP contribution in [-0.2, 0) is 14.3 Å². The second-order valence-corrected chi connectivity index (χ2v) is 5.46. The number of anilines is 1. The molecule has 0 spiro atoms. The smallest absolute Gasteiger partial charge is 0.331 e. The van der Waals surface area contributed by atoms with E-state index in [2.05, 4.69) is 5.32 Å². The fourth-order valence-corrected chi connectivity index (χ4v) is 2.31. The van der Waals surface area contributed by atoms with Crippen LogP contribution in [0.4, 0.5) is 10.1 Å². The van der Waals surface area contributed by atoms with E-state index in [-0.39, 0.29) is 5.69 Å². The highest BCUT2D eigenvalue weighted by atomic mass is 19.1. The molecule has 148 valence electrons. The van der Waals surface area contributed by atoms with Gasteiger partial charge >= 0.3 is 5.97 Å². The lowest BCUT2D eigenvalue weighted by Gasteiger charge is -2.12. The molecule has 1 amide bonds. The molecule has 0 fully saturated rings. The van der Waals surface area contributed by atoms with Gasteiger partial charge in [-0.25, -0.2) is 9.18 Å². The van der Waals surface area contributed by atoms with Crippen molar-refractivity contribution in [1.82, 2.24) is 0 Å². The van der Waals surface area contributed by atoms with E-state index in [1.807, 2.05) is 0 Å². The average molecular weight is 389 g/mol. The van der Waals surface area contributed by atoms with Crippen molar-refractivity contribution in [3.05, 3.63) is 53.9 Å². The molecule has 0 bridgehead atoms. The van der Waals surface area contributed by atoms with Crippen molar-refractivity contribution in [3.8, 4) is 17.2 Å². The fourth-order valence-electron chi connectivity index (χ4n) is 2.31. The van der Waals surface area contributed by atoms with Gasteiger partial charge in [0.15, 0.2) is 18.1 Å². The van der Waals surface area contributed by atoms with Crippen molar-refractivity contribution in [2.24, 2.45) is 0 Å². The molecule has 0 saturated heterocycles. The first-order valence-electron chi connectivity index (χ1n) is 8.17. The summed E-state index contributed by atoms with van der Waals surface area (Å²) in [5.41, 5.74) is 0.879. The molecule has 0 atom stereocenters. The highest BCUT2D eigenvalue weighted by Gasteiger charge is 2.12. The summed E-state index contributed by atoms with van der Waals surface area (Å²) in [5.74, 6) is -0.487. The van der Waals surface area contributed by atoms with E-state index in [0.29, 0.717) is 22.8 Å². The maximum absolute atomic E-state index is 13.1. The molecule has 2 aromatic rings. The topological polar surface area (TPSA) is 83.1 Å². The lowest BCUT2D eigenvalue weighted by Crippen LogP contribution is -2.20. The molecule has 2 rings (SSSR count). The van der Waals surface area contributed by atoms with Crippen LogP contribution in [0.25, 0.3) is 6.08 Å². The summed E-state index contributed by atoms with van der Waals surface area (Å²) in [4.78, 5) is 23.6. The van der Waals surface area contributed by atoms with Crippen LogP contribution in [-0.4, -0.2) is 39.8 Å². The van der Waals surface area contributed by atoms with Crippen LogP contribution in [0.3, 0.4) is 0 Å². The molecule has 0 radical (unpaired) electrons. The monoisotopic (exact) mass is 389 g/mol. The van der Waals surface area contributed by atoms with E-state index < -0.39 is 24.3 Å². The minimum Gasteiger partial charge on any atom is -0.493 e. The van der Waals surface area contributed by atoms with E-state index in [9.17, 15) is 14.0 Å². The van der Waals surface area contributed by atoms with Crippen molar-refractivity contribution >= 4 is 23.6 Å². The Morgan fingerprint density at radius 2 is 1.71 bits per heavy atom. The van der Waals surface area contributed by atoms with Crippen LogP contribution < -0.4 is 19.5 Å². The minimum atomic E-state index is -0.719. The lowest BCUT2D eigenvalue weighted by atomic mass is 10.1. The molecule has 0 unspecified atom stereocenters. The van der Waals surface area contributed by atoms with Gasteiger partial charge in [0.25, 0.3) is 5.91 Å². The standard InChI is InChI=1S/C20H20FNO6/c1-25-16-9-13(10-17(26-2)20(16)27-3)7-8-19(24)28-12-18(23)22-15-6-4-5-14(21)11-15/h4-11H,12H2,1-3H3,(H,22,23). The van der Waals surface area contributed by atoms with E-state index in [4.69, 9.17) is 18.9 Å². The number of benzene rings is 2. The molecule has 28 heavy (non-hydrogen) atoms. The van der Waals surface area contributed by atoms with Crippen LogP contribution in [0.5, 0.6) is 17.2 Å². The van der Waals surface area contributed by atoms with Crippen molar-refractivity contribution in [1.29, 1.82) is 0 Å². The van der Waals surface area contributed by atoms with Crippen LogP contribution in [0.15, 0.2) is 42.5 Å². The van der Waals surface area contributed by atoms with Crippen LogP contribution in [0.2, 0.25) is 0 Å². The van der Waals surface area contributed by atoms with E-state index in [1.54, 1.807) is 12.1 Å². The molecular weight excluding hydrogens is 369 g/mol. The van der Waals surface area contributed by atoms with Crippen LogP contribution in [0.1, 0.15) is 5.56 Å². The highest BCUT2D eigenvalue weighted by molar-refractivity contribution is 5.94. The Hall–Kier alpha value is -3.55. The van der Waals surface area contributed by atoms with E-state index >= 15 is 0 Å². The fraction of sp³-hybridized carbons (Fsp3) is 0.200. The molecule has 1 N–H and O–H groups in total. The van der Waals surface area contributed by atoms with Crippen molar-refractivity contribution in [2.45, 2.75) is 0 Å². The number of methoxy groups -OCH3 is 3. The Morgan fingerprint density at radius 1 is 1.04 bits per heavy atom. The quantitative estimate of drug-likeness (QED) is 0.552. The Bertz CT molecular complexity index is 856. The van der Waals surface area contributed by atoms with Gasteiger partial charge in [0.2, 0.25) is 5.75 Å². The van der Waals surface area contributed by atoms with Gasteiger partial charge in [-0.15, -0.1) is 0 Å². The number of nitrogens with one attached hydrogen (secondary N) is 1. The molecule has 0 aromatic heterocycles.